The summed E-state index contributed by atoms with van der Waals surface area (Å²) in [6, 6.07) is 2.36. The van der Waals surface area contributed by atoms with Crippen LogP contribution in [0.3, 0.4) is 0 Å². The number of nitrogens with one attached hydrogen (secondary N) is 1. The second-order valence-electron chi connectivity index (χ2n) is 4.33. The molecule has 16 heavy (non-hydrogen) atoms. The number of benzene rings is 1. The first-order chi connectivity index (χ1) is 7.35. The van der Waals surface area contributed by atoms with Crippen molar-refractivity contribution in [3.05, 3.63) is 23.8 Å². The van der Waals surface area contributed by atoms with Gasteiger partial charge in [-0.1, -0.05) is 0 Å². The van der Waals surface area contributed by atoms with E-state index >= 15 is 0 Å². The number of carbonyl (C=O) groups is 1. The maximum absolute atomic E-state index is 13.6. The number of hydrogen-bond donors (Lipinski definition) is 1. The normalized spacial score (nSPS) is 18.1. The molecule has 1 aromatic rings. The summed E-state index contributed by atoms with van der Waals surface area (Å²) in [7, 11) is 1.57. The molecule has 0 saturated heterocycles. The van der Waals surface area contributed by atoms with E-state index in [1.54, 1.807) is 20.9 Å². The molecule has 1 aromatic carbocycles. The van der Waals surface area contributed by atoms with Crippen LogP contribution in [-0.2, 0) is 4.79 Å². The highest BCUT2D eigenvalue weighted by Gasteiger charge is 2.39. The molecular weight excluding hydrogens is 214 g/mol. The third-order valence-electron chi connectivity index (χ3n) is 3.05. The smallest absolute Gasteiger partial charge is 0.249 e. The molecule has 2 rings (SSSR count). The second kappa shape index (κ2) is 3.17. The van der Waals surface area contributed by atoms with E-state index < -0.39 is 17.2 Å². The van der Waals surface area contributed by atoms with E-state index in [0.29, 0.717) is 5.69 Å². The summed E-state index contributed by atoms with van der Waals surface area (Å²) in [6.07, 6.45) is 0. The first-order valence-corrected chi connectivity index (χ1v) is 4.89. The molecule has 0 saturated carbocycles. The molecule has 86 valence electrons. The summed E-state index contributed by atoms with van der Waals surface area (Å²) < 4.78 is 26.8. The molecule has 0 atom stereocenters. The fourth-order valence-electron chi connectivity index (χ4n) is 1.68. The van der Waals surface area contributed by atoms with Gasteiger partial charge in [-0.05, 0) is 26.0 Å². The lowest BCUT2D eigenvalue weighted by atomic mass is 9.97. The topological polar surface area (TPSA) is 32.3 Å². The van der Waals surface area contributed by atoms with Crippen LogP contribution >= 0.6 is 0 Å². The Morgan fingerprint density at radius 2 is 1.94 bits per heavy atom. The number of carbonyl (C=O) groups excluding carboxylic acids is 1. The van der Waals surface area contributed by atoms with Gasteiger partial charge < -0.3 is 10.2 Å². The van der Waals surface area contributed by atoms with Crippen molar-refractivity contribution in [2.45, 2.75) is 19.4 Å². The predicted octanol–water partition coefficient (Wildman–Crippen LogP) is 2.13. The number of rotatable bonds is 0. The molecule has 0 aromatic heterocycles. The standard InChI is InChI=1S/C11H12F2N2O/c1-11(2)10(16)14-7-5-4-6(12)8(13)9(7)15(11)3/h4-5H,1-3H3,(H,14,16). The molecule has 0 unspecified atom stereocenters. The molecule has 0 radical (unpaired) electrons. The number of anilines is 2. The van der Waals surface area contributed by atoms with Crippen LogP contribution in [0.25, 0.3) is 0 Å². The molecule has 0 spiro atoms. The van der Waals surface area contributed by atoms with Crippen molar-refractivity contribution < 1.29 is 13.6 Å². The minimum atomic E-state index is -0.937. The molecule has 0 fully saturated rings. The molecule has 1 aliphatic rings. The average Bonchev–Trinajstić information content (AvgIpc) is 2.21. The zero-order valence-corrected chi connectivity index (χ0v) is 9.27. The first kappa shape index (κ1) is 10.9. The average molecular weight is 226 g/mol. The van der Waals surface area contributed by atoms with Gasteiger partial charge in [-0.2, -0.15) is 0 Å². The maximum Gasteiger partial charge on any atom is 0.249 e. The van der Waals surface area contributed by atoms with Crippen LogP contribution in [0, 0.1) is 11.6 Å². The highest BCUT2D eigenvalue weighted by molar-refractivity contribution is 6.06. The molecule has 1 amide bonds. The van der Waals surface area contributed by atoms with Gasteiger partial charge in [0.1, 0.15) is 11.2 Å². The van der Waals surface area contributed by atoms with E-state index in [1.165, 1.54) is 11.0 Å². The summed E-state index contributed by atoms with van der Waals surface area (Å²) in [5, 5.41) is 2.56. The molecule has 0 bridgehead atoms. The molecule has 3 nitrogen and oxygen atoms in total. The van der Waals surface area contributed by atoms with Crippen molar-refractivity contribution in [1.82, 2.24) is 0 Å². The number of amides is 1. The minimum Gasteiger partial charge on any atom is -0.356 e. The van der Waals surface area contributed by atoms with Crippen molar-refractivity contribution in [2.75, 3.05) is 17.3 Å². The summed E-state index contributed by atoms with van der Waals surface area (Å²) in [6.45, 7) is 3.30. The second-order valence-corrected chi connectivity index (χ2v) is 4.33. The van der Waals surface area contributed by atoms with E-state index in [-0.39, 0.29) is 11.6 Å². The van der Waals surface area contributed by atoms with E-state index in [4.69, 9.17) is 0 Å². The van der Waals surface area contributed by atoms with Crippen LogP contribution in [-0.4, -0.2) is 18.5 Å². The number of likely N-dealkylation sites (N-methyl/N-ethyl adjacent to an activating group) is 1. The maximum atomic E-state index is 13.6. The van der Waals surface area contributed by atoms with Crippen LogP contribution in [0.5, 0.6) is 0 Å². The van der Waals surface area contributed by atoms with Crippen LogP contribution in [0.2, 0.25) is 0 Å². The minimum absolute atomic E-state index is 0.0876. The van der Waals surface area contributed by atoms with Crippen LogP contribution in [0.4, 0.5) is 20.2 Å². The monoisotopic (exact) mass is 226 g/mol. The Hall–Kier alpha value is -1.65. The zero-order valence-electron chi connectivity index (χ0n) is 9.27. The number of fused-ring (bicyclic) bond motifs is 1. The van der Waals surface area contributed by atoms with Crippen molar-refractivity contribution >= 4 is 17.3 Å². The summed E-state index contributed by atoms with van der Waals surface area (Å²) >= 11 is 0. The SMILES string of the molecule is CN1c2c(ccc(F)c2F)NC(=O)C1(C)C. The summed E-state index contributed by atoms with van der Waals surface area (Å²) in [5.41, 5.74) is -0.517. The molecule has 1 heterocycles. The van der Waals surface area contributed by atoms with Crippen LogP contribution < -0.4 is 10.2 Å². The van der Waals surface area contributed by atoms with Gasteiger partial charge in [0.05, 0.1) is 5.69 Å². The van der Waals surface area contributed by atoms with Crippen molar-refractivity contribution in [3.8, 4) is 0 Å². The highest BCUT2D eigenvalue weighted by atomic mass is 19.2. The molecule has 5 heteroatoms. The van der Waals surface area contributed by atoms with Crippen LogP contribution in [0.15, 0.2) is 12.1 Å². The number of halogens is 2. The molecule has 0 aliphatic carbocycles. The molecule has 1 aliphatic heterocycles. The van der Waals surface area contributed by atoms with Crippen molar-refractivity contribution in [2.24, 2.45) is 0 Å². The quantitative estimate of drug-likeness (QED) is 0.735. The van der Waals surface area contributed by atoms with E-state index in [0.717, 1.165) is 6.07 Å². The van der Waals surface area contributed by atoms with E-state index in [2.05, 4.69) is 5.32 Å². The van der Waals surface area contributed by atoms with Gasteiger partial charge in [-0.3, -0.25) is 4.79 Å². The highest BCUT2D eigenvalue weighted by Crippen LogP contribution is 2.38. The van der Waals surface area contributed by atoms with Gasteiger partial charge in [-0.25, -0.2) is 8.78 Å². The van der Waals surface area contributed by atoms with Gasteiger partial charge in [0.2, 0.25) is 5.91 Å². The Balaban J connectivity index is 2.66. The van der Waals surface area contributed by atoms with Crippen molar-refractivity contribution in [3.63, 3.8) is 0 Å². The van der Waals surface area contributed by atoms with Gasteiger partial charge in [0, 0.05) is 7.05 Å². The fourth-order valence-corrected chi connectivity index (χ4v) is 1.68. The van der Waals surface area contributed by atoms with Gasteiger partial charge in [0.15, 0.2) is 11.6 Å². The Bertz CT molecular complexity index is 471. The zero-order chi connectivity index (χ0) is 12.1. The lowest BCUT2D eigenvalue weighted by Gasteiger charge is -2.41. The van der Waals surface area contributed by atoms with Crippen molar-refractivity contribution in [1.29, 1.82) is 0 Å². The third kappa shape index (κ3) is 1.27. The van der Waals surface area contributed by atoms with E-state index in [1.807, 2.05) is 0 Å². The first-order valence-electron chi connectivity index (χ1n) is 4.89. The lowest BCUT2D eigenvalue weighted by molar-refractivity contribution is -0.120. The number of nitrogens with zero attached hydrogens (tertiary/aromatic N) is 1. The lowest BCUT2D eigenvalue weighted by Crippen LogP contribution is -2.54. The molecular formula is C11H12F2N2O. The number of hydrogen-bond acceptors (Lipinski definition) is 2. The summed E-state index contributed by atoms with van der Waals surface area (Å²) in [4.78, 5) is 13.2. The summed E-state index contributed by atoms with van der Waals surface area (Å²) in [5.74, 6) is -2.10. The Kier molecular flexibility index (Phi) is 2.15. The fraction of sp³-hybridized carbons (Fsp3) is 0.364. The third-order valence-corrected chi connectivity index (χ3v) is 3.05. The Labute approximate surface area is 92.1 Å². The molecule has 1 N–H and O–H groups in total. The van der Waals surface area contributed by atoms with Gasteiger partial charge >= 0.3 is 0 Å². The van der Waals surface area contributed by atoms with Gasteiger partial charge in [0.25, 0.3) is 0 Å². The Morgan fingerprint density at radius 3 is 2.56 bits per heavy atom. The van der Waals surface area contributed by atoms with Crippen LogP contribution in [0.1, 0.15) is 13.8 Å². The Morgan fingerprint density at radius 1 is 1.31 bits per heavy atom. The predicted molar refractivity (Wildman–Crippen MR) is 57.5 cm³/mol. The largest absolute Gasteiger partial charge is 0.356 e. The van der Waals surface area contributed by atoms with Gasteiger partial charge in [-0.15, -0.1) is 0 Å². The van der Waals surface area contributed by atoms with E-state index in [9.17, 15) is 13.6 Å².